The zero-order chi connectivity index (χ0) is 32.0. The molecule has 17 heteroatoms. The smallest absolute Gasteiger partial charge is 0.269 e. The number of nitrogens with zero attached hydrogens (tertiary/aromatic N) is 5. The van der Waals surface area contributed by atoms with Crippen molar-refractivity contribution in [3.63, 3.8) is 0 Å². The van der Waals surface area contributed by atoms with E-state index in [2.05, 4.69) is 20.3 Å². The number of anilines is 1. The van der Waals surface area contributed by atoms with Gasteiger partial charge in [-0.25, -0.2) is 39.3 Å². The van der Waals surface area contributed by atoms with Crippen molar-refractivity contribution in [2.75, 3.05) is 24.7 Å². The third-order valence-corrected chi connectivity index (χ3v) is 10.0. The molecule has 1 saturated heterocycles. The van der Waals surface area contributed by atoms with Gasteiger partial charge in [0.05, 0.1) is 29.0 Å². The summed E-state index contributed by atoms with van der Waals surface area (Å²) < 4.78 is 91.9. The van der Waals surface area contributed by atoms with Crippen LogP contribution in [0.1, 0.15) is 36.1 Å². The van der Waals surface area contributed by atoms with Crippen LogP contribution in [-0.4, -0.2) is 66.0 Å². The predicted molar refractivity (Wildman–Crippen MR) is 158 cm³/mol. The Morgan fingerprint density at radius 1 is 1.07 bits per heavy atom. The van der Waals surface area contributed by atoms with Crippen molar-refractivity contribution in [2.45, 2.75) is 43.7 Å². The summed E-state index contributed by atoms with van der Waals surface area (Å²) in [5.41, 5.74) is -0.874. The lowest BCUT2D eigenvalue weighted by atomic mass is 10.1. The number of pyridine rings is 2. The fourth-order valence-electron chi connectivity index (χ4n) is 5.00. The Bertz CT molecular complexity index is 2040. The number of halogens is 4. The second-order valence-electron chi connectivity index (χ2n) is 10.4. The first-order chi connectivity index (χ1) is 20.6. The molecule has 0 radical (unpaired) electrons. The molecule has 1 fully saturated rings. The highest BCUT2D eigenvalue weighted by Gasteiger charge is 2.26. The Kier molecular flexibility index (Phi) is 8.72. The van der Waals surface area contributed by atoms with E-state index in [0.717, 1.165) is 35.1 Å². The molecule has 1 N–H and O–H groups in total. The predicted octanol–water partition coefficient (Wildman–Crippen LogP) is 4.05. The Morgan fingerprint density at radius 2 is 1.77 bits per heavy atom. The minimum absolute atomic E-state index is 0.0833. The number of alkyl halides is 2. The van der Waals surface area contributed by atoms with E-state index in [4.69, 9.17) is 10.7 Å². The van der Waals surface area contributed by atoms with E-state index >= 15 is 0 Å². The van der Waals surface area contributed by atoms with Crippen molar-refractivity contribution in [3.05, 3.63) is 75.6 Å². The van der Waals surface area contributed by atoms with Gasteiger partial charge in [0, 0.05) is 52.7 Å². The van der Waals surface area contributed by atoms with Gasteiger partial charge < -0.3 is 5.32 Å². The van der Waals surface area contributed by atoms with Gasteiger partial charge >= 0.3 is 0 Å². The van der Waals surface area contributed by atoms with Gasteiger partial charge in [0.1, 0.15) is 11.5 Å². The van der Waals surface area contributed by atoms with E-state index in [-0.39, 0.29) is 45.7 Å². The zero-order valence-corrected chi connectivity index (χ0v) is 25.7. The Hall–Kier alpha value is -3.60. The molecule has 0 atom stereocenters. The molecule has 0 bridgehead atoms. The van der Waals surface area contributed by atoms with Gasteiger partial charge in [-0.05, 0) is 55.7 Å². The van der Waals surface area contributed by atoms with Gasteiger partial charge in [-0.2, -0.15) is 4.98 Å². The van der Waals surface area contributed by atoms with Gasteiger partial charge in [-0.3, -0.25) is 14.3 Å². The summed E-state index contributed by atoms with van der Waals surface area (Å²) in [6.07, 6.45) is 0.389. The van der Waals surface area contributed by atoms with Crippen LogP contribution in [-0.2, 0) is 25.6 Å². The lowest BCUT2D eigenvalue weighted by Gasteiger charge is -2.30. The molecule has 0 amide bonds. The summed E-state index contributed by atoms with van der Waals surface area (Å²) in [5.74, 6) is -0.595. The van der Waals surface area contributed by atoms with E-state index in [0.29, 0.717) is 37.2 Å². The molecule has 0 aliphatic carbocycles. The van der Waals surface area contributed by atoms with Gasteiger partial charge in [0.25, 0.3) is 21.0 Å². The van der Waals surface area contributed by atoms with Crippen LogP contribution < -0.4 is 10.9 Å². The number of nitrogens with one attached hydrogen (secondary N) is 1. The number of rotatable bonds is 8. The molecule has 4 aromatic rings. The Morgan fingerprint density at radius 3 is 2.39 bits per heavy atom. The molecule has 44 heavy (non-hydrogen) atoms. The fourth-order valence-corrected chi connectivity index (χ4v) is 6.65. The summed E-state index contributed by atoms with van der Waals surface area (Å²) in [6.45, 7) is 1.99. The normalized spacial score (nSPS) is 15.2. The Labute approximate surface area is 255 Å². The largest absolute Gasteiger partial charge is 0.351 e. The van der Waals surface area contributed by atoms with Crippen LogP contribution in [0.5, 0.6) is 0 Å². The Balaban J connectivity index is 1.49. The average molecular weight is 671 g/mol. The summed E-state index contributed by atoms with van der Waals surface area (Å²) >= 11 is 0. The molecule has 5 rings (SSSR count). The number of hydrogen-bond donors (Lipinski definition) is 1. The summed E-state index contributed by atoms with van der Waals surface area (Å²) in [4.78, 5) is 26.0. The van der Waals surface area contributed by atoms with E-state index in [9.17, 15) is 34.8 Å². The molecule has 0 saturated carbocycles. The zero-order valence-electron chi connectivity index (χ0n) is 23.3. The van der Waals surface area contributed by atoms with E-state index in [1.54, 1.807) is 6.92 Å². The van der Waals surface area contributed by atoms with Crippen molar-refractivity contribution >= 4 is 46.7 Å². The monoisotopic (exact) mass is 670 g/mol. The molecule has 4 heterocycles. The number of aromatic nitrogens is 4. The van der Waals surface area contributed by atoms with Crippen molar-refractivity contribution in [1.82, 2.24) is 23.8 Å². The lowest BCUT2D eigenvalue weighted by molar-refractivity contribution is 0.149. The molecule has 234 valence electrons. The third-order valence-electron chi connectivity index (χ3n) is 7.36. The molecule has 1 aromatic carbocycles. The number of sulfonamides is 1. The minimum atomic E-state index is -4.13. The number of hydrogen-bond acceptors (Lipinski definition) is 9. The van der Waals surface area contributed by atoms with E-state index in [1.165, 1.54) is 22.6 Å². The average Bonchev–Trinajstić information content (AvgIpc) is 2.94. The van der Waals surface area contributed by atoms with Crippen LogP contribution in [0.2, 0.25) is 0 Å². The molecular formula is C27H26ClF3N6O5S2. The van der Waals surface area contributed by atoms with Gasteiger partial charge in [0.2, 0.25) is 16.0 Å². The molecule has 3 aromatic heterocycles. The van der Waals surface area contributed by atoms with Crippen LogP contribution in [0.25, 0.3) is 22.3 Å². The summed E-state index contributed by atoms with van der Waals surface area (Å²) in [7, 11) is -2.04. The van der Waals surface area contributed by atoms with Crippen LogP contribution in [0.15, 0.2) is 52.3 Å². The van der Waals surface area contributed by atoms with Crippen molar-refractivity contribution in [1.29, 1.82) is 0 Å². The maximum atomic E-state index is 14.6. The van der Waals surface area contributed by atoms with E-state index in [1.807, 2.05) is 0 Å². The van der Waals surface area contributed by atoms with Crippen LogP contribution in [0.4, 0.5) is 19.1 Å². The van der Waals surface area contributed by atoms with Gasteiger partial charge in [0.15, 0.2) is 0 Å². The first-order valence-electron chi connectivity index (χ1n) is 13.2. The molecule has 11 nitrogen and oxygen atoms in total. The van der Waals surface area contributed by atoms with Gasteiger partial charge in [-0.1, -0.05) is 6.07 Å². The third kappa shape index (κ3) is 6.72. The number of fused-ring (bicyclic) bond motifs is 1. The SMILES string of the molecule is Cc1nc(-c2cc(S(=O)(=O)Cl)ccc2F)ccc1Cn1c(=O)c(C(F)F)cc2cnc(NC3CCN(S(C)(=O)=O)CC3)nc21. The van der Waals surface area contributed by atoms with Crippen LogP contribution in [0.3, 0.4) is 0 Å². The topological polar surface area (TPSA) is 144 Å². The van der Waals surface area contributed by atoms with Gasteiger partial charge in [-0.15, -0.1) is 0 Å². The van der Waals surface area contributed by atoms with Crippen LogP contribution in [0, 0.1) is 12.7 Å². The highest BCUT2D eigenvalue weighted by Crippen LogP contribution is 2.28. The number of piperidine rings is 1. The van der Waals surface area contributed by atoms with Crippen molar-refractivity contribution < 1.29 is 30.0 Å². The fraction of sp³-hybridized carbons (Fsp3) is 0.333. The van der Waals surface area contributed by atoms with Crippen molar-refractivity contribution in [2.24, 2.45) is 0 Å². The maximum Gasteiger partial charge on any atom is 0.269 e. The quantitative estimate of drug-likeness (QED) is 0.275. The standard InChI is InChI=1S/C27H26ClF3N6O5S2/c1-15-16(3-6-23(33-15)20-12-19(44(28,41)42)4-5-22(20)29)14-37-25-17(11-21(24(30)31)26(37)38)13-32-27(35-25)34-18-7-9-36(10-8-18)43(2,39)40/h3-6,11-13,18,24H,7-10,14H2,1-2H3,(H,32,34,35). The maximum absolute atomic E-state index is 14.6. The molecular weight excluding hydrogens is 645 g/mol. The van der Waals surface area contributed by atoms with E-state index < -0.39 is 42.4 Å². The highest BCUT2D eigenvalue weighted by atomic mass is 35.7. The first kappa shape index (κ1) is 31.8. The van der Waals surface area contributed by atoms with Crippen LogP contribution >= 0.6 is 10.7 Å². The number of benzene rings is 1. The second-order valence-corrected chi connectivity index (χ2v) is 14.9. The number of aryl methyl sites for hydroxylation is 1. The molecule has 1 aliphatic heterocycles. The van der Waals surface area contributed by atoms with Crippen molar-refractivity contribution in [3.8, 4) is 11.3 Å². The molecule has 0 spiro atoms. The summed E-state index contributed by atoms with van der Waals surface area (Å²) in [6, 6.07) is 6.87. The highest BCUT2D eigenvalue weighted by molar-refractivity contribution is 8.13. The molecule has 1 aliphatic rings. The minimum Gasteiger partial charge on any atom is -0.351 e. The molecule has 0 unspecified atom stereocenters. The first-order valence-corrected chi connectivity index (χ1v) is 17.4. The lowest BCUT2D eigenvalue weighted by Crippen LogP contribution is -2.42. The second kappa shape index (κ2) is 12.1. The summed E-state index contributed by atoms with van der Waals surface area (Å²) in [5, 5.41) is 3.34.